The molecule has 1 aromatic rings. The third kappa shape index (κ3) is 2.06. The van der Waals surface area contributed by atoms with E-state index >= 15 is 0 Å². The van der Waals surface area contributed by atoms with Crippen LogP contribution in [0.1, 0.15) is 19.3 Å². The van der Waals surface area contributed by atoms with E-state index in [1.807, 2.05) is 24.3 Å². The summed E-state index contributed by atoms with van der Waals surface area (Å²) in [5, 5.41) is 11.4. The minimum absolute atomic E-state index is 0.0971. The normalized spacial score (nSPS) is 23.3. The summed E-state index contributed by atoms with van der Waals surface area (Å²) in [6.07, 6.45) is 2.95. The smallest absolute Gasteiger partial charge is 0.145 e. The van der Waals surface area contributed by atoms with Crippen LogP contribution < -0.4 is 9.80 Å². The lowest BCUT2D eigenvalue weighted by molar-refractivity contribution is 0.00493. The number of hydrogen-bond donors (Lipinski definition) is 1. The van der Waals surface area contributed by atoms with Gasteiger partial charge in [0.05, 0.1) is 0 Å². The molecule has 1 saturated heterocycles. The summed E-state index contributed by atoms with van der Waals surface area (Å²) < 4.78 is 6.28. The van der Waals surface area contributed by atoms with Crippen molar-refractivity contribution in [1.29, 1.82) is 0 Å². The maximum absolute atomic E-state index is 10.1. The Hall–Kier alpha value is -1.26. The summed E-state index contributed by atoms with van der Waals surface area (Å²) in [6, 6.07) is 7.74. The van der Waals surface area contributed by atoms with Gasteiger partial charge in [-0.1, -0.05) is 12.1 Å². The highest BCUT2D eigenvalue weighted by atomic mass is 16.5. The molecule has 18 heavy (non-hydrogen) atoms. The molecule has 2 aliphatic rings. The van der Waals surface area contributed by atoms with E-state index in [4.69, 9.17) is 4.74 Å². The van der Waals surface area contributed by atoms with Gasteiger partial charge in [-0.2, -0.15) is 0 Å². The Labute approximate surface area is 108 Å². The number of benzene rings is 1. The van der Waals surface area contributed by atoms with Crippen molar-refractivity contribution < 1.29 is 9.94 Å². The zero-order chi connectivity index (χ0) is 12.6. The number of likely N-dealkylation sites (tertiary alicyclic amines) is 1. The topological polar surface area (TPSA) is 35.9 Å². The molecule has 98 valence electrons. The molecule has 2 aliphatic heterocycles. The predicted octanol–water partition coefficient (Wildman–Crippen LogP) is 2.13. The molecule has 4 heteroatoms. The fourth-order valence-corrected chi connectivity index (χ4v) is 2.85. The van der Waals surface area contributed by atoms with Crippen molar-refractivity contribution in [3.8, 4) is 5.75 Å². The summed E-state index contributed by atoms with van der Waals surface area (Å²) >= 11 is 0. The molecule has 4 nitrogen and oxygen atoms in total. The maximum atomic E-state index is 10.1. The standard InChI is InChI=1S/C14H20N2O2/c1-15-9-6-14(7-10-15)8-11-16(17)12-4-2-3-5-13(12)18-14/h2-5,17H,6-11H2,1H3. The van der Waals surface area contributed by atoms with Crippen LogP contribution in [0, 0.1) is 0 Å². The van der Waals surface area contributed by atoms with Crippen LogP contribution in [0.15, 0.2) is 24.3 Å². The Kier molecular flexibility index (Phi) is 2.92. The van der Waals surface area contributed by atoms with Crippen LogP contribution in [-0.2, 0) is 0 Å². The molecule has 1 fully saturated rings. The highest BCUT2D eigenvalue weighted by Crippen LogP contribution is 2.39. The lowest BCUT2D eigenvalue weighted by atomic mass is 9.88. The highest BCUT2D eigenvalue weighted by molar-refractivity contribution is 5.57. The van der Waals surface area contributed by atoms with Crippen LogP contribution in [0.2, 0.25) is 0 Å². The molecule has 3 rings (SSSR count). The van der Waals surface area contributed by atoms with Gasteiger partial charge < -0.3 is 9.64 Å². The highest BCUT2D eigenvalue weighted by Gasteiger charge is 2.38. The van der Waals surface area contributed by atoms with Gasteiger partial charge in [-0.15, -0.1) is 0 Å². The van der Waals surface area contributed by atoms with E-state index in [9.17, 15) is 5.21 Å². The Morgan fingerprint density at radius 1 is 1.11 bits per heavy atom. The van der Waals surface area contributed by atoms with Gasteiger partial charge in [0.25, 0.3) is 0 Å². The molecule has 0 aromatic heterocycles. The monoisotopic (exact) mass is 248 g/mol. The summed E-state index contributed by atoms with van der Waals surface area (Å²) in [4.78, 5) is 2.34. The first-order chi connectivity index (χ1) is 8.69. The molecule has 1 N–H and O–H groups in total. The summed E-state index contributed by atoms with van der Waals surface area (Å²) in [7, 11) is 2.15. The van der Waals surface area contributed by atoms with E-state index in [-0.39, 0.29) is 5.60 Å². The van der Waals surface area contributed by atoms with Crippen LogP contribution in [0.4, 0.5) is 5.69 Å². The molecule has 0 amide bonds. The number of hydroxylamine groups is 1. The van der Waals surface area contributed by atoms with Crippen LogP contribution in [0.3, 0.4) is 0 Å². The second kappa shape index (κ2) is 4.44. The molecule has 1 aromatic carbocycles. The van der Waals surface area contributed by atoms with E-state index in [1.54, 1.807) is 0 Å². The number of nitrogens with zero attached hydrogens (tertiary/aromatic N) is 2. The molecule has 1 spiro atoms. The maximum Gasteiger partial charge on any atom is 0.145 e. The zero-order valence-corrected chi connectivity index (χ0v) is 10.8. The fourth-order valence-electron chi connectivity index (χ4n) is 2.85. The van der Waals surface area contributed by atoms with Crippen molar-refractivity contribution in [3.63, 3.8) is 0 Å². The van der Waals surface area contributed by atoms with Crippen molar-refractivity contribution in [2.75, 3.05) is 31.7 Å². The van der Waals surface area contributed by atoms with Gasteiger partial charge >= 0.3 is 0 Å². The van der Waals surface area contributed by atoms with Crippen molar-refractivity contribution in [1.82, 2.24) is 4.90 Å². The second-order valence-electron chi connectivity index (χ2n) is 5.43. The zero-order valence-electron chi connectivity index (χ0n) is 10.8. The largest absolute Gasteiger partial charge is 0.485 e. The number of ether oxygens (including phenoxy) is 1. The van der Waals surface area contributed by atoms with Crippen LogP contribution in [0.25, 0.3) is 0 Å². The average Bonchev–Trinajstić information content (AvgIpc) is 2.53. The Morgan fingerprint density at radius 2 is 1.78 bits per heavy atom. The lowest BCUT2D eigenvalue weighted by Crippen LogP contribution is -2.47. The van der Waals surface area contributed by atoms with Gasteiger partial charge in [0.15, 0.2) is 0 Å². The van der Waals surface area contributed by atoms with Crippen LogP contribution in [0.5, 0.6) is 5.75 Å². The molecule has 0 bridgehead atoms. The lowest BCUT2D eigenvalue weighted by Gasteiger charge is -2.39. The number of hydrogen-bond acceptors (Lipinski definition) is 4. The first-order valence-corrected chi connectivity index (χ1v) is 6.62. The minimum Gasteiger partial charge on any atom is -0.485 e. The van der Waals surface area contributed by atoms with Gasteiger partial charge in [-0.25, -0.2) is 0 Å². The molecule has 2 heterocycles. The first-order valence-electron chi connectivity index (χ1n) is 6.62. The molecule has 0 atom stereocenters. The van der Waals surface area contributed by atoms with Crippen molar-refractivity contribution in [2.45, 2.75) is 24.9 Å². The minimum atomic E-state index is -0.0971. The van der Waals surface area contributed by atoms with Crippen molar-refractivity contribution >= 4 is 5.69 Å². The van der Waals surface area contributed by atoms with Crippen LogP contribution in [-0.4, -0.2) is 42.4 Å². The van der Waals surface area contributed by atoms with Crippen molar-refractivity contribution in [3.05, 3.63) is 24.3 Å². The number of fused-ring (bicyclic) bond motifs is 1. The summed E-state index contributed by atoms with van der Waals surface area (Å²) in [5.74, 6) is 0.807. The predicted molar refractivity (Wildman–Crippen MR) is 70.3 cm³/mol. The third-order valence-electron chi connectivity index (χ3n) is 4.15. The van der Waals surface area contributed by atoms with Gasteiger partial charge in [0.1, 0.15) is 17.0 Å². The third-order valence-corrected chi connectivity index (χ3v) is 4.15. The Bertz CT molecular complexity index is 428. The number of para-hydroxylation sites is 2. The van der Waals surface area contributed by atoms with E-state index in [1.165, 1.54) is 5.06 Å². The molecular formula is C14H20N2O2. The Balaban J connectivity index is 1.89. The molecular weight excluding hydrogens is 228 g/mol. The quantitative estimate of drug-likeness (QED) is 0.763. The van der Waals surface area contributed by atoms with E-state index in [0.29, 0.717) is 6.54 Å². The Morgan fingerprint density at radius 3 is 2.56 bits per heavy atom. The first kappa shape index (κ1) is 11.8. The van der Waals surface area contributed by atoms with Gasteiger partial charge in [0, 0.05) is 26.1 Å². The van der Waals surface area contributed by atoms with E-state index in [2.05, 4.69) is 11.9 Å². The summed E-state index contributed by atoms with van der Waals surface area (Å²) in [5.41, 5.74) is 0.688. The second-order valence-corrected chi connectivity index (χ2v) is 5.43. The molecule has 0 unspecified atom stereocenters. The number of piperidine rings is 1. The van der Waals surface area contributed by atoms with Gasteiger partial charge in [-0.3, -0.25) is 10.3 Å². The molecule has 0 radical (unpaired) electrons. The number of anilines is 1. The fraction of sp³-hybridized carbons (Fsp3) is 0.571. The average molecular weight is 248 g/mol. The SMILES string of the molecule is CN1CCC2(CC1)CCN(O)c1ccccc1O2. The summed E-state index contributed by atoms with van der Waals surface area (Å²) in [6.45, 7) is 2.77. The van der Waals surface area contributed by atoms with Gasteiger partial charge in [0.2, 0.25) is 0 Å². The van der Waals surface area contributed by atoms with Crippen molar-refractivity contribution in [2.24, 2.45) is 0 Å². The molecule has 0 aliphatic carbocycles. The van der Waals surface area contributed by atoms with E-state index in [0.717, 1.165) is 43.8 Å². The molecule has 0 saturated carbocycles. The number of rotatable bonds is 0. The van der Waals surface area contributed by atoms with E-state index < -0.39 is 0 Å². The van der Waals surface area contributed by atoms with Crippen LogP contribution >= 0.6 is 0 Å². The van der Waals surface area contributed by atoms with Gasteiger partial charge in [-0.05, 0) is 32.0 Å².